The largest absolute Gasteiger partial charge is 0.468 e. The lowest BCUT2D eigenvalue weighted by molar-refractivity contribution is -0.138. The molecule has 2 aromatic carbocycles. The minimum absolute atomic E-state index is 0.0947. The summed E-state index contributed by atoms with van der Waals surface area (Å²) in [5.74, 6) is -3.09. The third kappa shape index (κ3) is 4.14. The van der Waals surface area contributed by atoms with Gasteiger partial charge in [0, 0.05) is 17.0 Å². The van der Waals surface area contributed by atoms with Crippen LogP contribution in [0.2, 0.25) is 0 Å². The van der Waals surface area contributed by atoms with E-state index in [1.807, 2.05) is 0 Å². The smallest absolute Gasteiger partial charge is 0.325 e. The van der Waals surface area contributed by atoms with Gasteiger partial charge in [-0.2, -0.15) is 4.98 Å². The van der Waals surface area contributed by atoms with Crippen molar-refractivity contribution in [3.05, 3.63) is 81.9 Å². The highest BCUT2D eigenvalue weighted by Crippen LogP contribution is 2.31. The minimum Gasteiger partial charge on any atom is -0.468 e. The van der Waals surface area contributed by atoms with Crippen LogP contribution in [0, 0.1) is 24.4 Å². The molecule has 0 aliphatic carbocycles. The van der Waals surface area contributed by atoms with Crippen molar-refractivity contribution < 1.29 is 22.7 Å². The Balaban J connectivity index is 2.07. The van der Waals surface area contributed by atoms with Crippen LogP contribution in [0.3, 0.4) is 0 Å². The van der Waals surface area contributed by atoms with Gasteiger partial charge in [0.05, 0.1) is 12.8 Å². The first-order chi connectivity index (χ1) is 15.8. The number of para-hydroxylation sites is 1. The number of hydrogen-bond donors (Lipinski definition) is 1. The molecule has 168 valence electrons. The Bertz CT molecular complexity index is 1430. The van der Waals surface area contributed by atoms with E-state index in [0.29, 0.717) is 11.1 Å². The second-order valence-electron chi connectivity index (χ2n) is 7.10. The number of methoxy groups -OCH3 is 1. The molecule has 33 heavy (non-hydrogen) atoms. The van der Waals surface area contributed by atoms with Gasteiger partial charge in [-0.25, -0.2) is 18.2 Å². The second kappa shape index (κ2) is 8.73. The summed E-state index contributed by atoms with van der Waals surface area (Å²) in [5, 5.41) is 2.97. The van der Waals surface area contributed by atoms with E-state index in [2.05, 4.69) is 20.0 Å². The van der Waals surface area contributed by atoms with Crippen molar-refractivity contribution >= 4 is 23.0 Å². The number of hydrogen-bond acceptors (Lipinski definition) is 6. The van der Waals surface area contributed by atoms with Crippen LogP contribution in [0.15, 0.2) is 53.3 Å². The summed E-state index contributed by atoms with van der Waals surface area (Å²) < 4.78 is 48.3. The fourth-order valence-electron chi connectivity index (χ4n) is 3.43. The van der Waals surface area contributed by atoms with Gasteiger partial charge in [-0.05, 0) is 48.9 Å². The molecule has 2 heterocycles. The van der Waals surface area contributed by atoms with Crippen molar-refractivity contribution in [2.45, 2.75) is 6.92 Å². The molecular formula is C23H17F3N4O3. The number of nitrogens with one attached hydrogen (secondary N) is 1. The Labute approximate surface area is 185 Å². The number of carbonyl (C=O) groups excluding carboxylic acids is 1. The van der Waals surface area contributed by atoms with E-state index in [1.165, 1.54) is 37.4 Å². The standard InChI is InChI=1S/C23H17F3N4O3/c1-12-10-13(24)6-7-14(12)20-15-8-9-18(31)30(21-16(25)4-3-5-17(21)26)22(15)29-23(28-20)27-11-19(32)33-2/h3-10H,11H2,1-2H3,(H,27,28,29). The predicted octanol–water partition coefficient (Wildman–Crippen LogP) is 3.76. The van der Waals surface area contributed by atoms with Crippen LogP contribution in [0.5, 0.6) is 0 Å². The van der Waals surface area contributed by atoms with Gasteiger partial charge < -0.3 is 10.1 Å². The molecule has 2 aromatic heterocycles. The number of aryl methyl sites for hydroxylation is 1. The van der Waals surface area contributed by atoms with Crippen molar-refractivity contribution in [2.24, 2.45) is 0 Å². The highest BCUT2D eigenvalue weighted by Gasteiger charge is 2.20. The average molecular weight is 454 g/mol. The summed E-state index contributed by atoms with van der Waals surface area (Å²) in [5.41, 5.74) is -0.130. The van der Waals surface area contributed by atoms with Crippen molar-refractivity contribution in [3.63, 3.8) is 0 Å². The third-order valence-electron chi connectivity index (χ3n) is 4.97. The van der Waals surface area contributed by atoms with Crippen LogP contribution in [0.4, 0.5) is 19.1 Å². The fraction of sp³-hybridized carbons (Fsp3) is 0.130. The molecule has 10 heteroatoms. The maximum atomic E-state index is 14.6. The molecule has 0 unspecified atom stereocenters. The lowest BCUT2D eigenvalue weighted by Gasteiger charge is -2.16. The van der Waals surface area contributed by atoms with Crippen LogP contribution in [0.1, 0.15) is 5.56 Å². The zero-order valence-electron chi connectivity index (χ0n) is 17.5. The average Bonchev–Trinajstić information content (AvgIpc) is 2.78. The van der Waals surface area contributed by atoms with E-state index >= 15 is 0 Å². The molecule has 0 spiro atoms. The Hall–Kier alpha value is -4.21. The van der Waals surface area contributed by atoms with E-state index in [1.54, 1.807) is 6.92 Å². The number of fused-ring (bicyclic) bond motifs is 1. The number of pyridine rings is 1. The van der Waals surface area contributed by atoms with E-state index in [4.69, 9.17) is 0 Å². The zero-order valence-corrected chi connectivity index (χ0v) is 17.5. The molecule has 4 aromatic rings. The highest BCUT2D eigenvalue weighted by molar-refractivity contribution is 5.93. The summed E-state index contributed by atoms with van der Waals surface area (Å²) in [7, 11) is 1.21. The minimum atomic E-state index is -0.966. The van der Waals surface area contributed by atoms with Crippen LogP contribution < -0.4 is 10.9 Å². The predicted molar refractivity (Wildman–Crippen MR) is 116 cm³/mol. The van der Waals surface area contributed by atoms with E-state index in [9.17, 15) is 22.8 Å². The van der Waals surface area contributed by atoms with Gasteiger partial charge in [-0.3, -0.25) is 14.2 Å². The maximum absolute atomic E-state index is 14.6. The number of esters is 1. The van der Waals surface area contributed by atoms with E-state index < -0.39 is 34.7 Å². The first-order valence-electron chi connectivity index (χ1n) is 9.75. The number of rotatable bonds is 5. The van der Waals surface area contributed by atoms with Crippen molar-refractivity contribution in [1.29, 1.82) is 0 Å². The van der Waals surface area contributed by atoms with Crippen molar-refractivity contribution in [2.75, 3.05) is 19.0 Å². The van der Waals surface area contributed by atoms with Gasteiger partial charge in [0.25, 0.3) is 5.56 Å². The summed E-state index contributed by atoms with van der Waals surface area (Å²) in [6, 6.07) is 9.82. The molecule has 4 rings (SSSR count). The van der Waals surface area contributed by atoms with Crippen LogP contribution in [-0.2, 0) is 9.53 Å². The third-order valence-corrected chi connectivity index (χ3v) is 4.97. The molecular weight excluding hydrogens is 437 g/mol. The second-order valence-corrected chi connectivity index (χ2v) is 7.10. The van der Waals surface area contributed by atoms with Gasteiger partial charge in [0.15, 0.2) is 5.65 Å². The van der Waals surface area contributed by atoms with E-state index in [0.717, 1.165) is 22.8 Å². The molecule has 0 saturated carbocycles. The van der Waals surface area contributed by atoms with Gasteiger partial charge >= 0.3 is 5.97 Å². The Morgan fingerprint density at radius 3 is 2.45 bits per heavy atom. The summed E-state index contributed by atoms with van der Waals surface area (Å²) >= 11 is 0. The molecule has 0 fully saturated rings. The molecule has 0 saturated heterocycles. The number of halogens is 3. The zero-order chi connectivity index (χ0) is 23.7. The molecule has 0 aliphatic rings. The van der Waals surface area contributed by atoms with Gasteiger partial charge in [0.2, 0.25) is 5.95 Å². The molecule has 1 N–H and O–H groups in total. The Morgan fingerprint density at radius 1 is 1.06 bits per heavy atom. The number of anilines is 1. The highest BCUT2D eigenvalue weighted by atomic mass is 19.1. The molecule has 0 bridgehead atoms. The summed E-state index contributed by atoms with van der Waals surface area (Å²) in [4.78, 5) is 33.0. The van der Waals surface area contributed by atoms with Crippen LogP contribution in [0.25, 0.3) is 28.0 Å². The molecule has 0 aliphatic heterocycles. The SMILES string of the molecule is COC(=O)CNc1nc(-c2ccc(F)cc2C)c2ccc(=O)n(-c3c(F)cccc3F)c2n1. The molecule has 7 nitrogen and oxygen atoms in total. The number of ether oxygens (including phenoxy) is 1. The lowest BCUT2D eigenvalue weighted by Crippen LogP contribution is -2.22. The first kappa shape index (κ1) is 22.0. The monoisotopic (exact) mass is 454 g/mol. The van der Waals surface area contributed by atoms with Crippen LogP contribution >= 0.6 is 0 Å². The normalized spacial score (nSPS) is 10.9. The molecule has 0 atom stereocenters. The first-order valence-corrected chi connectivity index (χ1v) is 9.75. The van der Waals surface area contributed by atoms with Gasteiger partial charge in [-0.15, -0.1) is 0 Å². The Kier molecular flexibility index (Phi) is 5.82. The fourth-order valence-corrected chi connectivity index (χ4v) is 3.43. The van der Waals surface area contributed by atoms with E-state index in [-0.39, 0.29) is 29.2 Å². The lowest BCUT2D eigenvalue weighted by atomic mass is 10.0. The number of nitrogens with zero attached hydrogens (tertiary/aromatic N) is 3. The Morgan fingerprint density at radius 2 is 1.79 bits per heavy atom. The van der Waals surface area contributed by atoms with Gasteiger partial charge in [0.1, 0.15) is 29.7 Å². The van der Waals surface area contributed by atoms with Crippen LogP contribution in [-0.4, -0.2) is 34.2 Å². The topological polar surface area (TPSA) is 86.1 Å². The number of carbonyl (C=O) groups is 1. The van der Waals surface area contributed by atoms with Crippen molar-refractivity contribution in [3.8, 4) is 16.9 Å². The molecule has 0 radical (unpaired) electrons. The van der Waals surface area contributed by atoms with Crippen molar-refractivity contribution in [1.82, 2.24) is 14.5 Å². The molecule has 0 amide bonds. The maximum Gasteiger partial charge on any atom is 0.325 e. The quantitative estimate of drug-likeness (QED) is 0.462. The number of benzene rings is 2. The van der Waals surface area contributed by atoms with Gasteiger partial charge in [-0.1, -0.05) is 6.07 Å². The summed E-state index contributed by atoms with van der Waals surface area (Å²) in [6.45, 7) is 1.37. The number of aromatic nitrogens is 3. The summed E-state index contributed by atoms with van der Waals surface area (Å²) in [6.07, 6.45) is 0.